The van der Waals surface area contributed by atoms with E-state index in [0.29, 0.717) is 16.9 Å². The van der Waals surface area contributed by atoms with Gasteiger partial charge in [0, 0.05) is 10.6 Å². The molecule has 1 saturated heterocycles. The molecule has 1 N–H and O–H groups in total. The van der Waals surface area contributed by atoms with Gasteiger partial charge in [0.15, 0.2) is 0 Å². The van der Waals surface area contributed by atoms with Crippen molar-refractivity contribution in [3.05, 3.63) is 82.0 Å². The maximum Gasteiger partial charge on any atom is 0.338 e. The molecule has 35 heavy (non-hydrogen) atoms. The Bertz CT molecular complexity index is 1240. The third-order valence-electron chi connectivity index (χ3n) is 5.55. The van der Waals surface area contributed by atoms with Gasteiger partial charge in [-0.15, -0.1) is 11.3 Å². The number of urea groups is 1. The van der Waals surface area contributed by atoms with E-state index in [1.165, 1.54) is 22.3 Å². The predicted molar refractivity (Wildman–Crippen MR) is 133 cm³/mol. The van der Waals surface area contributed by atoms with Gasteiger partial charge < -0.3 is 15.0 Å². The topological polar surface area (TPSA) is 96.0 Å². The molecule has 1 atom stereocenters. The van der Waals surface area contributed by atoms with Crippen molar-refractivity contribution in [2.45, 2.75) is 32.9 Å². The maximum absolute atomic E-state index is 13.4. The SMILES string of the molecule is CCOC(=O)c1cccc(NC(=O)C[C@@H]2C(=O)N(c3ccc(C)cc3)C(=O)N2Cc2cccs2)c1. The molecule has 1 aliphatic rings. The number of anilines is 2. The van der Waals surface area contributed by atoms with E-state index in [9.17, 15) is 19.2 Å². The summed E-state index contributed by atoms with van der Waals surface area (Å²) in [5, 5.41) is 4.63. The Balaban J connectivity index is 1.54. The van der Waals surface area contributed by atoms with Gasteiger partial charge in [-0.3, -0.25) is 9.59 Å². The smallest absolute Gasteiger partial charge is 0.338 e. The number of nitrogens with one attached hydrogen (secondary N) is 1. The Hall–Kier alpha value is -3.98. The van der Waals surface area contributed by atoms with Crippen LogP contribution in [0.3, 0.4) is 0 Å². The summed E-state index contributed by atoms with van der Waals surface area (Å²) < 4.78 is 5.00. The number of imide groups is 1. The summed E-state index contributed by atoms with van der Waals surface area (Å²) in [6.07, 6.45) is -0.220. The van der Waals surface area contributed by atoms with Crippen LogP contribution in [0.15, 0.2) is 66.0 Å². The Morgan fingerprint density at radius 2 is 1.83 bits per heavy atom. The van der Waals surface area contributed by atoms with Crippen molar-refractivity contribution in [2.24, 2.45) is 0 Å². The highest BCUT2D eigenvalue weighted by Crippen LogP contribution is 2.29. The fourth-order valence-corrected chi connectivity index (χ4v) is 4.54. The van der Waals surface area contributed by atoms with Gasteiger partial charge in [0.2, 0.25) is 5.91 Å². The summed E-state index contributed by atoms with van der Waals surface area (Å²) in [5.74, 6) is -1.39. The predicted octanol–water partition coefficient (Wildman–Crippen LogP) is 4.60. The van der Waals surface area contributed by atoms with E-state index in [2.05, 4.69) is 5.32 Å². The zero-order valence-electron chi connectivity index (χ0n) is 19.4. The van der Waals surface area contributed by atoms with Gasteiger partial charge in [-0.05, 0) is 55.6 Å². The number of aryl methyl sites for hydroxylation is 1. The molecule has 0 bridgehead atoms. The molecule has 0 spiro atoms. The Morgan fingerprint density at radius 1 is 1.06 bits per heavy atom. The van der Waals surface area contributed by atoms with E-state index in [-0.39, 0.29) is 19.6 Å². The van der Waals surface area contributed by atoms with E-state index in [1.807, 2.05) is 36.6 Å². The number of benzene rings is 2. The minimum Gasteiger partial charge on any atom is -0.462 e. The first kappa shape index (κ1) is 24.2. The van der Waals surface area contributed by atoms with Crippen molar-refractivity contribution in [3.63, 3.8) is 0 Å². The fraction of sp³-hybridized carbons (Fsp3) is 0.231. The normalized spacial score (nSPS) is 15.4. The van der Waals surface area contributed by atoms with Gasteiger partial charge in [-0.2, -0.15) is 0 Å². The van der Waals surface area contributed by atoms with E-state index >= 15 is 0 Å². The first-order valence-corrected chi connectivity index (χ1v) is 12.1. The largest absolute Gasteiger partial charge is 0.462 e. The molecular formula is C26H25N3O5S. The minimum atomic E-state index is -0.959. The van der Waals surface area contributed by atoms with Gasteiger partial charge >= 0.3 is 12.0 Å². The molecule has 9 heteroatoms. The summed E-state index contributed by atoms with van der Waals surface area (Å²) in [4.78, 5) is 55.1. The zero-order chi connectivity index (χ0) is 24.9. The number of carbonyl (C=O) groups is 4. The van der Waals surface area contributed by atoms with Crippen molar-refractivity contribution < 1.29 is 23.9 Å². The summed E-state index contributed by atoms with van der Waals surface area (Å²) in [6, 6.07) is 15.8. The first-order valence-electron chi connectivity index (χ1n) is 11.2. The summed E-state index contributed by atoms with van der Waals surface area (Å²) in [5.41, 5.74) is 2.18. The molecular weight excluding hydrogens is 466 g/mol. The molecule has 3 aromatic rings. The van der Waals surface area contributed by atoms with Crippen LogP contribution in [0.1, 0.15) is 34.1 Å². The van der Waals surface area contributed by atoms with E-state index < -0.39 is 29.9 Å². The number of hydrogen-bond donors (Lipinski definition) is 1. The third-order valence-corrected chi connectivity index (χ3v) is 6.41. The van der Waals surface area contributed by atoms with Crippen LogP contribution in [0.5, 0.6) is 0 Å². The molecule has 0 saturated carbocycles. The number of esters is 1. The number of rotatable bonds is 8. The van der Waals surface area contributed by atoms with Gasteiger partial charge in [0.05, 0.1) is 30.8 Å². The number of amides is 4. The molecule has 0 aliphatic carbocycles. The molecule has 4 amide bonds. The minimum absolute atomic E-state index is 0.220. The Labute approximate surface area is 207 Å². The van der Waals surface area contributed by atoms with Crippen LogP contribution in [0.25, 0.3) is 0 Å². The molecule has 1 fully saturated rings. The van der Waals surface area contributed by atoms with Crippen LogP contribution in [0.2, 0.25) is 0 Å². The molecule has 2 heterocycles. The van der Waals surface area contributed by atoms with Gasteiger partial charge in [0.25, 0.3) is 5.91 Å². The Morgan fingerprint density at radius 3 is 2.51 bits per heavy atom. The molecule has 8 nitrogen and oxygen atoms in total. The first-order chi connectivity index (χ1) is 16.9. The third kappa shape index (κ3) is 5.41. The summed E-state index contributed by atoms with van der Waals surface area (Å²) >= 11 is 1.48. The number of ether oxygens (including phenoxy) is 1. The standard InChI is InChI=1S/C26H25N3O5S/c1-3-34-25(32)18-6-4-7-19(14-18)27-23(30)15-22-24(31)29(20-11-9-17(2)10-12-20)26(33)28(22)16-21-8-5-13-35-21/h4-14,22H,3,15-16H2,1-2H3,(H,27,30)/t22-/m1/s1. The van der Waals surface area contributed by atoms with Crippen LogP contribution in [-0.4, -0.2) is 41.4 Å². The van der Waals surface area contributed by atoms with Gasteiger partial charge in [0.1, 0.15) is 6.04 Å². The molecule has 1 aliphatic heterocycles. The highest BCUT2D eigenvalue weighted by molar-refractivity contribution is 7.09. The van der Waals surface area contributed by atoms with Gasteiger partial charge in [-0.1, -0.05) is 29.8 Å². The summed E-state index contributed by atoms with van der Waals surface area (Å²) in [7, 11) is 0. The molecule has 1 aromatic heterocycles. The summed E-state index contributed by atoms with van der Waals surface area (Å²) in [6.45, 7) is 4.10. The fourth-order valence-electron chi connectivity index (χ4n) is 3.84. The number of nitrogens with zero attached hydrogens (tertiary/aromatic N) is 2. The second-order valence-electron chi connectivity index (χ2n) is 8.07. The quantitative estimate of drug-likeness (QED) is 0.367. The van der Waals surface area contributed by atoms with E-state index in [4.69, 9.17) is 4.74 Å². The molecule has 180 valence electrons. The van der Waals surface area contributed by atoms with E-state index in [0.717, 1.165) is 15.3 Å². The molecule has 2 aromatic carbocycles. The van der Waals surface area contributed by atoms with Crippen LogP contribution < -0.4 is 10.2 Å². The second-order valence-corrected chi connectivity index (χ2v) is 9.10. The lowest BCUT2D eigenvalue weighted by Crippen LogP contribution is -2.37. The van der Waals surface area contributed by atoms with Crippen LogP contribution in [0.4, 0.5) is 16.2 Å². The van der Waals surface area contributed by atoms with Crippen molar-refractivity contribution in [2.75, 3.05) is 16.8 Å². The molecule has 0 radical (unpaired) electrons. The lowest BCUT2D eigenvalue weighted by Gasteiger charge is -2.21. The zero-order valence-corrected chi connectivity index (χ0v) is 20.2. The van der Waals surface area contributed by atoms with E-state index in [1.54, 1.807) is 37.3 Å². The number of hydrogen-bond acceptors (Lipinski definition) is 6. The van der Waals surface area contributed by atoms with Crippen molar-refractivity contribution in [3.8, 4) is 0 Å². The lowest BCUT2D eigenvalue weighted by atomic mass is 10.1. The average molecular weight is 492 g/mol. The molecule has 0 unspecified atom stereocenters. The monoisotopic (exact) mass is 491 g/mol. The Kier molecular flexibility index (Phi) is 7.26. The van der Waals surface area contributed by atoms with Gasteiger partial charge in [-0.25, -0.2) is 14.5 Å². The van der Waals surface area contributed by atoms with Crippen LogP contribution >= 0.6 is 11.3 Å². The van der Waals surface area contributed by atoms with Crippen LogP contribution in [-0.2, 0) is 20.9 Å². The highest BCUT2D eigenvalue weighted by atomic mass is 32.1. The van der Waals surface area contributed by atoms with Crippen molar-refractivity contribution >= 4 is 46.5 Å². The molecule has 4 rings (SSSR count). The second kappa shape index (κ2) is 10.5. The number of thiophene rings is 1. The number of carbonyl (C=O) groups excluding carboxylic acids is 4. The highest BCUT2D eigenvalue weighted by Gasteiger charge is 2.46. The maximum atomic E-state index is 13.4. The lowest BCUT2D eigenvalue weighted by molar-refractivity contribution is -0.124. The average Bonchev–Trinajstić information content (AvgIpc) is 3.43. The van der Waals surface area contributed by atoms with Crippen molar-refractivity contribution in [1.29, 1.82) is 0 Å². The van der Waals surface area contributed by atoms with Crippen LogP contribution in [0, 0.1) is 6.92 Å². The van der Waals surface area contributed by atoms with Crippen molar-refractivity contribution in [1.82, 2.24) is 4.90 Å².